The molecule has 2 saturated heterocycles. The summed E-state index contributed by atoms with van der Waals surface area (Å²) in [6, 6.07) is 0.459. The maximum atomic E-state index is 5.90. The van der Waals surface area contributed by atoms with E-state index in [2.05, 4.69) is 29.1 Å². The van der Waals surface area contributed by atoms with Crippen LogP contribution in [0.3, 0.4) is 0 Å². The number of likely N-dealkylation sites (tertiary alicyclic amines) is 1. The van der Waals surface area contributed by atoms with Crippen LogP contribution in [0.4, 0.5) is 0 Å². The molecule has 0 aromatic rings. The zero-order valence-electron chi connectivity index (χ0n) is 16.0. The molecule has 146 valence electrons. The van der Waals surface area contributed by atoms with Gasteiger partial charge in [0.1, 0.15) is 0 Å². The van der Waals surface area contributed by atoms with Crippen molar-refractivity contribution in [3.05, 3.63) is 0 Å². The number of guanidine groups is 1. The summed E-state index contributed by atoms with van der Waals surface area (Å²) in [4.78, 5) is 6.92. The average molecular weight is 467 g/mol. The lowest BCUT2D eigenvalue weighted by molar-refractivity contribution is -0.107. The summed E-state index contributed by atoms with van der Waals surface area (Å²) >= 11 is 0. The number of hydrogen-bond acceptors (Lipinski definition) is 4. The van der Waals surface area contributed by atoms with Crippen molar-refractivity contribution in [1.82, 2.24) is 10.2 Å². The maximum absolute atomic E-state index is 5.90. The molecule has 3 fully saturated rings. The van der Waals surface area contributed by atoms with Gasteiger partial charge in [0, 0.05) is 57.1 Å². The molecule has 7 heteroatoms. The number of aliphatic imine (C=N–C) groups is 1. The second-order valence-electron chi connectivity index (χ2n) is 7.90. The first-order valence-electron chi connectivity index (χ1n) is 9.24. The van der Waals surface area contributed by atoms with Crippen molar-refractivity contribution in [3.63, 3.8) is 0 Å². The molecule has 0 amide bonds. The number of fused-ring (bicyclic) bond motifs is 1. The minimum Gasteiger partial charge on any atom is -0.382 e. The molecule has 1 N–H and O–H groups in total. The quantitative estimate of drug-likeness (QED) is 0.280. The highest BCUT2D eigenvalue weighted by molar-refractivity contribution is 14.0. The topological polar surface area (TPSA) is 55.3 Å². The molecule has 3 rings (SSSR count). The number of hydrogen-bond donors (Lipinski definition) is 1. The lowest BCUT2D eigenvalue weighted by atomic mass is 9.57. The monoisotopic (exact) mass is 467 g/mol. The van der Waals surface area contributed by atoms with Gasteiger partial charge in [-0.3, -0.25) is 4.99 Å². The van der Waals surface area contributed by atoms with E-state index in [-0.39, 0.29) is 29.4 Å². The largest absolute Gasteiger partial charge is 0.382 e. The summed E-state index contributed by atoms with van der Waals surface area (Å²) in [6.45, 7) is 9.74. The third-order valence-electron chi connectivity index (χ3n) is 5.97. The van der Waals surface area contributed by atoms with Crippen molar-refractivity contribution in [3.8, 4) is 0 Å². The molecule has 3 aliphatic rings. The Morgan fingerprint density at radius 3 is 2.84 bits per heavy atom. The Labute approximate surface area is 169 Å². The van der Waals surface area contributed by atoms with Crippen LogP contribution in [0.15, 0.2) is 4.99 Å². The van der Waals surface area contributed by atoms with Crippen LogP contribution in [0.1, 0.15) is 26.7 Å². The standard InChI is InChI=1S/C18H33N3O3.HI/c1-18(2)15(14-6-8-24-16(14)18)20-17(19-3)21-7-5-13(11-21)12-23-10-9-22-4;/h13-16H,5-12H2,1-4H3,(H,19,20);1H. The number of ether oxygens (including phenoxy) is 3. The number of nitrogens with one attached hydrogen (secondary N) is 1. The Hall–Kier alpha value is -0.120. The van der Waals surface area contributed by atoms with E-state index in [9.17, 15) is 0 Å². The molecular weight excluding hydrogens is 433 g/mol. The molecule has 0 aromatic heterocycles. The number of methoxy groups -OCH3 is 1. The van der Waals surface area contributed by atoms with Crippen molar-refractivity contribution in [2.75, 3.05) is 53.7 Å². The molecule has 1 saturated carbocycles. The fraction of sp³-hybridized carbons (Fsp3) is 0.944. The Morgan fingerprint density at radius 1 is 1.32 bits per heavy atom. The number of rotatable bonds is 6. The van der Waals surface area contributed by atoms with Crippen LogP contribution >= 0.6 is 24.0 Å². The van der Waals surface area contributed by atoms with Gasteiger partial charge in [0.05, 0.1) is 25.9 Å². The van der Waals surface area contributed by atoms with Crippen molar-refractivity contribution in [1.29, 1.82) is 0 Å². The second-order valence-corrected chi connectivity index (χ2v) is 7.90. The average Bonchev–Trinajstić information content (AvgIpc) is 3.21. The summed E-state index contributed by atoms with van der Waals surface area (Å²) < 4.78 is 16.6. The molecular formula is C18H34IN3O3. The van der Waals surface area contributed by atoms with Crippen molar-refractivity contribution in [2.45, 2.75) is 38.8 Å². The van der Waals surface area contributed by atoms with Crippen LogP contribution in [0.5, 0.6) is 0 Å². The van der Waals surface area contributed by atoms with Crippen molar-refractivity contribution in [2.24, 2.45) is 22.2 Å². The fourth-order valence-electron chi connectivity index (χ4n) is 4.61. The molecule has 0 radical (unpaired) electrons. The highest BCUT2D eigenvalue weighted by Gasteiger charge is 2.59. The summed E-state index contributed by atoms with van der Waals surface area (Å²) in [5.74, 6) is 2.25. The van der Waals surface area contributed by atoms with Gasteiger partial charge in [-0.1, -0.05) is 13.8 Å². The van der Waals surface area contributed by atoms with Gasteiger partial charge < -0.3 is 24.4 Å². The van der Waals surface area contributed by atoms with E-state index in [1.54, 1.807) is 7.11 Å². The zero-order chi connectivity index (χ0) is 17.2. The third-order valence-corrected chi connectivity index (χ3v) is 5.97. The Kier molecular flexibility index (Phi) is 7.79. The van der Waals surface area contributed by atoms with Gasteiger partial charge in [-0.15, -0.1) is 24.0 Å². The molecule has 4 unspecified atom stereocenters. The van der Waals surface area contributed by atoms with E-state index in [0.29, 0.717) is 37.2 Å². The van der Waals surface area contributed by atoms with Crippen LogP contribution < -0.4 is 5.32 Å². The van der Waals surface area contributed by atoms with Gasteiger partial charge in [-0.2, -0.15) is 0 Å². The highest BCUT2D eigenvalue weighted by atomic mass is 127. The van der Waals surface area contributed by atoms with Crippen molar-refractivity contribution < 1.29 is 14.2 Å². The first-order valence-corrected chi connectivity index (χ1v) is 9.24. The molecule has 2 heterocycles. The Balaban J connectivity index is 0.00000225. The van der Waals surface area contributed by atoms with Crippen LogP contribution in [-0.2, 0) is 14.2 Å². The van der Waals surface area contributed by atoms with Gasteiger partial charge >= 0.3 is 0 Å². The Bertz CT molecular complexity index is 461. The lowest BCUT2D eigenvalue weighted by Crippen LogP contribution is -2.68. The van der Waals surface area contributed by atoms with E-state index in [1.807, 2.05) is 7.05 Å². The fourth-order valence-corrected chi connectivity index (χ4v) is 4.61. The molecule has 25 heavy (non-hydrogen) atoms. The van der Waals surface area contributed by atoms with Gasteiger partial charge in [-0.05, 0) is 12.8 Å². The van der Waals surface area contributed by atoms with Gasteiger partial charge in [-0.25, -0.2) is 0 Å². The molecule has 1 aliphatic carbocycles. The Morgan fingerprint density at radius 2 is 2.12 bits per heavy atom. The molecule has 2 aliphatic heterocycles. The lowest BCUT2D eigenvalue weighted by Gasteiger charge is -2.55. The summed E-state index contributed by atoms with van der Waals surface area (Å²) in [7, 11) is 3.59. The minimum atomic E-state index is 0. The molecule has 0 aromatic carbocycles. The summed E-state index contributed by atoms with van der Waals surface area (Å²) in [5, 5.41) is 3.74. The van der Waals surface area contributed by atoms with E-state index in [4.69, 9.17) is 14.2 Å². The first-order chi connectivity index (χ1) is 11.6. The zero-order valence-corrected chi connectivity index (χ0v) is 18.3. The van der Waals surface area contributed by atoms with E-state index in [0.717, 1.165) is 38.7 Å². The van der Waals surface area contributed by atoms with Gasteiger partial charge in [0.2, 0.25) is 0 Å². The molecule has 4 atom stereocenters. The highest BCUT2D eigenvalue weighted by Crippen LogP contribution is 2.52. The van der Waals surface area contributed by atoms with Crippen LogP contribution in [-0.4, -0.2) is 76.7 Å². The van der Waals surface area contributed by atoms with E-state index < -0.39 is 0 Å². The van der Waals surface area contributed by atoms with Gasteiger partial charge in [0.25, 0.3) is 0 Å². The first kappa shape index (κ1) is 21.2. The van der Waals surface area contributed by atoms with Crippen LogP contribution in [0.2, 0.25) is 0 Å². The van der Waals surface area contributed by atoms with E-state index >= 15 is 0 Å². The van der Waals surface area contributed by atoms with Gasteiger partial charge in [0.15, 0.2) is 5.96 Å². The molecule has 0 spiro atoms. The number of nitrogens with zero attached hydrogens (tertiary/aromatic N) is 2. The van der Waals surface area contributed by atoms with Crippen molar-refractivity contribution >= 4 is 29.9 Å². The van der Waals surface area contributed by atoms with Crippen LogP contribution in [0, 0.1) is 17.3 Å². The predicted molar refractivity (Wildman–Crippen MR) is 110 cm³/mol. The SMILES string of the molecule is CN=C(NC1C2CCOC2C1(C)C)N1CCC(COCCOC)C1.I. The maximum Gasteiger partial charge on any atom is 0.193 e. The smallest absolute Gasteiger partial charge is 0.193 e. The second kappa shape index (κ2) is 9.19. The molecule has 0 bridgehead atoms. The van der Waals surface area contributed by atoms with Crippen LogP contribution in [0.25, 0.3) is 0 Å². The normalized spacial score (nSPS) is 33.6. The minimum absolute atomic E-state index is 0. The predicted octanol–water partition coefficient (Wildman–Crippen LogP) is 1.98. The molecule has 6 nitrogen and oxygen atoms in total. The number of halogens is 1. The third kappa shape index (κ3) is 4.42. The summed E-state index contributed by atoms with van der Waals surface area (Å²) in [5.41, 5.74) is 0.180. The van der Waals surface area contributed by atoms with E-state index in [1.165, 1.54) is 6.42 Å². The summed E-state index contributed by atoms with van der Waals surface area (Å²) in [6.07, 6.45) is 2.74.